The van der Waals surface area contributed by atoms with Gasteiger partial charge in [-0.3, -0.25) is 14.7 Å². The topological polar surface area (TPSA) is 50.2 Å². The summed E-state index contributed by atoms with van der Waals surface area (Å²) in [5.41, 5.74) is 0. The van der Waals surface area contributed by atoms with E-state index in [1.54, 1.807) is 0 Å². The number of hydrogen-bond donors (Lipinski definition) is 2. The highest BCUT2D eigenvalue weighted by atomic mass is 127. The predicted molar refractivity (Wildman–Crippen MR) is 81.6 cm³/mol. The SMILES string of the molecule is OCCCN1CN(CCCO)CN(CCCI)C1. The van der Waals surface area contributed by atoms with Gasteiger partial charge in [0.1, 0.15) is 0 Å². The molecule has 1 aliphatic heterocycles. The molecule has 18 heavy (non-hydrogen) atoms. The Bertz CT molecular complexity index is 170. The molecular weight excluding hydrogens is 345 g/mol. The molecule has 1 fully saturated rings. The molecule has 0 aliphatic carbocycles. The van der Waals surface area contributed by atoms with E-state index < -0.39 is 0 Å². The van der Waals surface area contributed by atoms with Crippen molar-refractivity contribution in [3.63, 3.8) is 0 Å². The van der Waals surface area contributed by atoms with Crippen molar-refractivity contribution in [3.05, 3.63) is 0 Å². The Hall–Kier alpha value is 0.530. The summed E-state index contributed by atoms with van der Waals surface area (Å²) in [5.74, 6) is 0. The normalized spacial score (nSPS) is 19.5. The number of alkyl halides is 1. The van der Waals surface area contributed by atoms with Gasteiger partial charge in [0.15, 0.2) is 0 Å². The van der Waals surface area contributed by atoms with Gasteiger partial charge in [0, 0.05) is 37.3 Å². The lowest BCUT2D eigenvalue weighted by atomic mass is 10.3. The highest BCUT2D eigenvalue weighted by Crippen LogP contribution is 2.09. The third kappa shape index (κ3) is 6.63. The van der Waals surface area contributed by atoms with Crippen LogP contribution in [0.5, 0.6) is 0 Å². The Kier molecular flexibility index (Phi) is 9.52. The van der Waals surface area contributed by atoms with E-state index in [1.165, 1.54) is 10.8 Å². The first kappa shape index (κ1) is 16.6. The molecule has 0 aromatic carbocycles. The van der Waals surface area contributed by atoms with Crippen LogP contribution >= 0.6 is 22.6 Å². The van der Waals surface area contributed by atoms with Gasteiger partial charge >= 0.3 is 0 Å². The molecule has 1 saturated heterocycles. The lowest BCUT2D eigenvalue weighted by Crippen LogP contribution is -2.55. The Labute approximate surface area is 124 Å². The van der Waals surface area contributed by atoms with Crippen LogP contribution in [0.1, 0.15) is 19.3 Å². The average Bonchev–Trinajstić information content (AvgIpc) is 2.40. The van der Waals surface area contributed by atoms with E-state index in [0.29, 0.717) is 0 Å². The molecule has 0 aromatic rings. The fourth-order valence-corrected chi connectivity index (χ4v) is 2.62. The Morgan fingerprint density at radius 3 is 1.44 bits per heavy atom. The number of halogens is 1. The first-order chi connectivity index (χ1) is 8.80. The van der Waals surface area contributed by atoms with Gasteiger partial charge in [-0.25, -0.2) is 0 Å². The molecule has 2 N–H and O–H groups in total. The number of rotatable bonds is 9. The highest BCUT2D eigenvalue weighted by molar-refractivity contribution is 14.1. The van der Waals surface area contributed by atoms with Gasteiger partial charge in [0.2, 0.25) is 0 Å². The van der Waals surface area contributed by atoms with E-state index in [-0.39, 0.29) is 13.2 Å². The maximum absolute atomic E-state index is 8.92. The molecule has 0 unspecified atom stereocenters. The second-order valence-electron chi connectivity index (χ2n) is 4.80. The third-order valence-corrected chi connectivity index (χ3v) is 3.84. The maximum Gasteiger partial charge on any atom is 0.0530 e. The molecule has 0 radical (unpaired) electrons. The zero-order valence-electron chi connectivity index (χ0n) is 11.1. The smallest absolute Gasteiger partial charge is 0.0530 e. The van der Waals surface area contributed by atoms with Crippen LogP contribution in [0.15, 0.2) is 0 Å². The van der Waals surface area contributed by atoms with Gasteiger partial charge in [0.05, 0.1) is 20.0 Å². The monoisotopic (exact) mass is 371 g/mol. The van der Waals surface area contributed by atoms with Crippen LogP contribution in [0.3, 0.4) is 0 Å². The number of nitrogens with zero attached hydrogens (tertiary/aromatic N) is 3. The van der Waals surface area contributed by atoms with Crippen LogP contribution in [0.4, 0.5) is 0 Å². The third-order valence-electron chi connectivity index (χ3n) is 3.07. The summed E-state index contributed by atoms with van der Waals surface area (Å²) in [7, 11) is 0. The molecule has 6 heteroatoms. The summed E-state index contributed by atoms with van der Waals surface area (Å²) in [6.07, 6.45) is 2.91. The summed E-state index contributed by atoms with van der Waals surface area (Å²) in [6.45, 7) is 6.54. The van der Waals surface area contributed by atoms with Crippen molar-refractivity contribution in [2.75, 3.05) is 57.3 Å². The van der Waals surface area contributed by atoms with Crippen LogP contribution < -0.4 is 0 Å². The standard InChI is InChI=1S/C12H26IN3O2/c13-4-1-5-14-10-15(6-2-8-17)12-16(11-14)7-3-9-18/h17-18H,1-12H2. The Morgan fingerprint density at radius 2 is 1.11 bits per heavy atom. The Morgan fingerprint density at radius 1 is 0.722 bits per heavy atom. The largest absolute Gasteiger partial charge is 0.396 e. The Balaban J connectivity index is 2.38. The number of hydrogen-bond acceptors (Lipinski definition) is 5. The van der Waals surface area contributed by atoms with Crippen LogP contribution in [-0.2, 0) is 0 Å². The molecule has 0 saturated carbocycles. The highest BCUT2D eigenvalue weighted by Gasteiger charge is 2.21. The van der Waals surface area contributed by atoms with Crippen molar-refractivity contribution in [1.29, 1.82) is 0 Å². The second-order valence-corrected chi connectivity index (χ2v) is 5.88. The van der Waals surface area contributed by atoms with Crippen molar-refractivity contribution >= 4 is 22.6 Å². The minimum absolute atomic E-state index is 0.265. The molecule has 108 valence electrons. The number of aliphatic hydroxyl groups is 2. The fraction of sp³-hybridized carbons (Fsp3) is 1.00. The van der Waals surface area contributed by atoms with Crippen LogP contribution in [0.25, 0.3) is 0 Å². The maximum atomic E-state index is 8.92. The summed E-state index contributed by atoms with van der Waals surface area (Å²) >= 11 is 2.42. The minimum Gasteiger partial charge on any atom is -0.396 e. The van der Waals surface area contributed by atoms with Gasteiger partial charge < -0.3 is 10.2 Å². The first-order valence-corrected chi connectivity index (χ1v) is 8.27. The molecule has 5 nitrogen and oxygen atoms in total. The van der Waals surface area contributed by atoms with E-state index >= 15 is 0 Å². The second kappa shape index (κ2) is 10.3. The summed E-state index contributed by atoms with van der Waals surface area (Å²) < 4.78 is 1.20. The molecule has 0 spiro atoms. The molecule has 0 atom stereocenters. The zero-order chi connectivity index (χ0) is 13.2. The summed E-state index contributed by atoms with van der Waals surface area (Å²) in [6, 6.07) is 0. The van der Waals surface area contributed by atoms with Crippen molar-refractivity contribution in [3.8, 4) is 0 Å². The molecule has 1 rings (SSSR count). The quantitative estimate of drug-likeness (QED) is 0.453. The van der Waals surface area contributed by atoms with E-state index in [0.717, 1.165) is 52.5 Å². The minimum atomic E-state index is 0.265. The molecule has 0 amide bonds. The van der Waals surface area contributed by atoms with Gasteiger partial charge in [-0.05, 0) is 19.3 Å². The molecule has 1 heterocycles. The lowest BCUT2D eigenvalue weighted by Gasteiger charge is -2.42. The predicted octanol–water partition coefficient (Wildman–Crippen LogP) is 0.368. The van der Waals surface area contributed by atoms with Gasteiger partial charge in [-0.1, -0.05) is 22.6 Å². The average molecular weight is 371 g/mol. The molecule has 0 bridgehead atoms. The fourth-order valence-electron chi connectivity index (χ4n) is 2.28. The van der Waals surface area contributed by atoms with E-state index in [1.807, 2.05) is 0 Å². The van der Waals surface area contributed by atoms with E-state index in [9.17, 15) is 0 Å². The van der Waals surface area contributed by atoms with E-state index in [2.05, 4.69) is 37.3 Å². The van der Waals surface area contributed by atoms with Gasteiger partial charge in [0.25, 0.3) is 0 Å². The lowest BCUT2D eigenvalue weighted by molar-refractivity contribution is -0.0326. The summed E-state index contributed by atoms with van der Waals surface area (Å²) in [5, 5.41) is 17.8. The first-order valence-electron chi connectivity index (χ1n) is 6.75. The number of aliphatic hydroxyl groups excluding tert-OH is 2. The van der Waals surface area contributed by atoms with Gasteiger partial charge in [-0.2, -0.15) is 0 Å². The van der Waals surface area contributed by atoms with Crippen molar-refractivity contribution < 1.29 is 10.2 Å². The van der Waals surface area contributed by atoms with Crippen LogP contribution in [-0.4, -0.2) is 82.2 Å². The van der Waals surface area contributed by atoms with Gasteiger partial charge in [-0.15, -0.1) is 0 Å². The van der Waals surface area contributed by atoms with Crippen molar-refractivity contribution in [1.82, 2.24) is 14.7 Å². The van der Waals surface area contributed by atoms with Crippen LogP contribution in [0, 0.1) is 0 Å². The van der Waals surface area contributed by atoms with Crippen molar-refractivity contribution in [2.45, 2.75) is 19.3 Å². The zero-order valence-corrected chi connectivity index (χ0v) is 13.3. The molecular formula is C12H26IN3O2. The van der Waals surface area contributed by atoms with Crippen molar-refractivity contribution in [2.24, 2.45) is 0 Å². The molecule has 1 aliphatic rings. The van der Waals surface area contributed by atoms with Crippen LogP contribution in [0.2, 0.25) is 0 Å². The summed E-state index contributed by atoms with van der Waals surface area (Å²) in [4.78, 5) is 7.21. The molecule has 0 aromatic heterocycles. The van der Waals surface area contributed by atoms with E-state index in [4.69, 9.17) is 10.2 Å².